The highest BCUT2D eigenvalue weighted by atomic mass is 16.5. The Labute approximate surface area is 78.5 Å². The fraction of sp³-hybridized carbons (Fsp3) is 0.364. The van der Waals surface area contributed by atoms with Gasteiger partial charge in [-0.3, -0.25) is 0 Å². The monoisotopic (exact) mass is 176 g/mol. The summed E-state index contributed by atoms with van der Waals surface area (Å²) in [6, 6.07) is 8.39. The van der Waals surface area contributed by atoms with Crippen molar-refractivity contribution in [3.8, 4) is 0 Å². The average molecular weight is 176 g/mol. The lowest BCUT2D eigenvalue weighted by Crippen LogP contribution is -2.14. The third kappa shape index (κ3) is 1.32. The van der Waals surface area contributed by atoms with Crippen LogP contribution in [0.2, 0.25) is 0 Å². The van der Waals surface area contributed by atoms with E-state index in [1.165, 1.54) is 11.1 Å². The second-order valence-corrected chi connectivity index (χ2v) is 3.25. The van der Waals surface area contributed by atoms with E-state index in [0.717, 1.165) is 19.0 Å². The Balaban J connectivity index is 2.41. The first-order valence-electron chi connectivity index (χ1n) is 4.62. The summed E-state index contributed by atoms with van der Waals surface area (Å²) >= 11 is 0. The van der Waals surface area contributed by atoms with Gasteiger partial charge in [-0.1, -0.05) is 18.2 Å². The van der Waals surface area contributed by atoms with Crippen molar-refractivity contribution in [1.29, 1.82) is 0 Å². The molecule has 0 N–H and O–H groups in total. The molecular weight excluding hydrogens is 162 g/mol. The van der Waals surface area contributed by atoms with Gasteiger partial charge in [-0.25, -0.2) is 0 Å². The minimum absolute atomic E-state index is 0.730. The predicted octanol–water partition coefficient (Wildman–Crippen LogP) is 1.63. The summed E-state index contributed by atoms with van der Waals surface area (Å²) in [5.74, 6) is 1.01. The average Bonchev–Trinajstić information content (AvgIpc) is 2.44. The number of fused-ring (bicyclic) bond motifs is 1. The minimum Gasteiger partial charge on any atom is -0.445 e. The van der Waals surface area contributed by atoms with Crippen LogP contribution >= 0.6 is 0 Å². The smallest absolute Gasteiger partial charge is 0.370 e. The zero-order chi connectivity index (χ0) is 9.26. The molecule has 1 aromatic rings. The van der Waals surface area contributed by atoms with Gasteiger partial charge in [-0.05, 0) is 13.0 Å². The van der Waals surface area contributed by atoms with Gasteiger partial charge in [0.2, 0.25) is 0 Å². The van der Waals surface area contributed by atoms with E-state index < -0.39 is 0 Å². The first kappa shape index (κ1) is 8.30. The third-order valence-corrected chi connectivity index (χ3v) is 2.28. The largest absolute Gasteiger partial charge is 0.445 e. The van der Waals surface area contributed by atoms with Gasteiger partial charge in [-0.2, -0.15) is 4.58 Å². The highest BCUT2D eigenvalue weighted by Crippen LogP contribution is 2.17. The van der Waals surface area contributed by atoms with Crippen LogP contribution in [0.1, 0.15) is 18.1 Å². The molecule has 2 nitrogen and oxygen atoms in total. The SMILES string of the molecule is CCOC1=[N+](C)Cc2ccccc21. The number of rotatable bonds is 1. The molecule has 1 aromatic carbocycles. The van der Waals surface area contributed by atoms with Crippen LogP contribution in [0.25, 0.3) is 0 Å². The van der Waals surface area contributed by atoms with Crippen LogP contribution in [-0.2, 0) is 11.3 Å². The topological polar surface area (TPSA) is 12.2 Å². The minimum atomic E-state index is 0.730. The maximum atomic E-state index is 5.58. The van der Waals surface area contributed by atoms with Gasteiger partial charge in [0.1, 0.15) is 7.05 Å². The number of hydrogen-bond acceptors (Lipinski definition) is 1. The molecule has 2 rings (SSSR count). The standard InChI is InChI=1S/C11H14NO/c1-3-13-11-10-7-5-4-6-9(10)8-12(11)2/h4-7H,3,8H2,1-2H3/q+1. The summed E-state index contributed by atoms with van der Waals surface area (Å²) < 4.78 is 7.73. The van der Waals surface area contributed by atoms with Gasteiger partial charge in [0.05, 0.1) is 12.2 Å². The van der Waals surface area contributed by atoms with Gasteiger partial charge in [0.15, 0.2) is 6.54 Å². The van der Waals surface area contributed by atoms with Crippen molar-refractivity contribution < 1.29 is 9.31 Å². The Hall–Kier alpha value is -1.31. The van der Waals surface area contributed by atoms with Gasteiger partial charge < -0.3 is 4.74 Å². The number of hydrogen-bond donors (Lipinski definition) is 0. The summed E-state index contributed by atoms with van der Waals surface area (Å²) in [5, 5.41) is 0. The molecule has 0 fully saturated rings. The highest BCUT2D eigenvalue weighted by molar-refractivity contribution is 5.93. The summed E-state index contributed by atoms with van der Waals surface area (Å²) in [6.07, 6.45) is 0. The molecule has 0 radical (unpaired) electrons. The maximum Gasteiger partial charge on any atom is 0.370 e. The van der Waals surface area contributed by atoms with Crippen LogP contribution in [0.3, 0.4) is 0 Å². The molecule has 0 aromatic heterocycles. The Kier molecular flexibility index (Phi) is 2.05. The lowest BCUT2D eigenvalue weighted by Gasteiger charge is -1.99. The van der Waals surface area contributed by atoms with Crippen molar-refractivity contribution >= 4 is 5.90 Å². The molecule has 0 unspecified atom stereocenters. The zero-order valence-electron chi connectivity index (χ0n) is 8.08. The molecule has 0 spiro atoms. The lowest BCUT2D eigenvalue weighted by molar-refractivity contribution is -0.516. The summed E-state index contributed by atoms with van der Waals surface area (Å²) in [4.78, 5) is 0. The molecular formula is C11H14NO+. The van der Waals surface area contributed by atoms with Crippen LogP contribution in [0.4, 0.5) is 0 Å². The summed E-state index contributed by atoms with van der Waals surface area (Å²) in [6.45, 7) is 3.71. The lowest BCUT2D eigenvalue weighted by atomic mass is 10.1. The Morgan fingerprint density at radius 2 is 2.15 bits per heavy atom. The molecule has 0 aliphatic carbocycles. The van der Waals surface area contributed by atoms with E-state index in [0.29, 0.717) is 0 Å². The van der Waals surface area contributed by atoms with E-state index in [9.17, 15) is 0 Å². The van der Waals surface area contributed by atoms with Crippen molar-refractivity contribution in [2.45, 2.75) is 13.5 Å². The van der Waals surface area contributed by atoms with Crippen LogP contribution in [0, 0.1) is 0 Å². The maximum absolute atomic E-state index is 5.58. The van der Waals surface area contributed by atoms with Crippen LogP contribution in [0.15, 0.2) is 24.3 Å². The first-order valence-corrected chi connectivity index (χ1v) is 4.62. The normalized spacial score (nSPS) is 14.6. The summed E-state index contributed by atoms with van der Waals surface area (Å²) in [7, 11) is 2.06. The van der Waals surface area contributed by atoms with E-state index in [4.69, 9.17) is 4.74 Å². The molecule has 0 bridgehead atoms. The predicted molar refractivity (Wildman–Crippen MR) is 52.1 cm³/mol. The molecule has 1 aliphatic rings. The number of benzene rings is 1. The van der Waals surface area contributed by atoms with E-state index in [-0.39, 0.29) is 0 Å². The van der Waals surface area contributed by atoms with Gasteiger partial charge in [-0.15, -0.1) is 0 Å². The van der Waals surface area contributed by atoms with Crippen molar-refractivity contribution in [1.82, 2.24) is 0 Å². The van der Waals surface area contributed by atoms with E-state index >= 15 is 0 Å². The first-order chi connectivity index (χ1) is 6.33. The van der Waals surface area contributed by atoms with Crippen molar-refractivity contribution in [2.24, 2.45) is 0 Å². The Morgan fingerprint density at radius 1 is 1.38 bits per heavy atom. The molecule has 1 heterocycles. The molecule has 0 amide bonds. The molecule has 0 saturated heterocycles. The second kappa shape index (κ2) is 3.21. The van der Waals surface area contributed by atoms with Gasteiger partial charge in [0.25, 0.3) is 0 Å². The second-order valence-electron chi connectivity index (χ2n) is 3.25. The summed E-state index contributed by atoms with van der Waals surface area (Å²) in [5.41, 5.74) is 2.60. The molecule has 13 heavy (non-hydrogen) atoms. The molecule has 0 saturated carbocycles. The number of nitrogens with zero attached hydrogens (tertiary/aromatic N) is 1. The molecule has 68 valence electrons. The van der Waals surface area contributed by atoms with Crippen molar-refractivity contribution in [3.05, 3.63) is 35.4 Å². The van der Waals surface area contributed by atoms with Gasteiger partial charge in [0, 0.05) is 5.56 Å². The van der Waals surface area contributed by atoms with Crippen molar-refractivity contribution in [2.75, 3.05) is 13.7 Å². The van der Waals surface area contributed by atoms with Gasteiger partial charge >= 0.3 is 5.90 Å². The fourth-order valence-electron chi connectivity index (χ4n) is 1.72. The van der Waals surface area contributed by atoms with E-state index in [1.807, 2.05) is 6.92 Å². The van der Waals surface area contributed by atoms with E-state index in [1.54, 1.807) is 0 Å². The van der Waals surface area contributed by atoms with Crippen molar-refractivity contribution in [3.63, 3.8) is 0 Å². The highest BCUT2D eigenvalue weighted by Gasteiger charge is 2.26. The number of ether oxygens (including phenoxy) is 1. The molecule has 1 aliphatic heterocycles. The quantitative estimate of drug-likeness (QED) is 0.592. The van der Waals surface area contributed by atoms with Crippen LogP contribution in [0.5, 0.6) is 0 Å². The zero-order valence-corrected chi connectivity index (χ0v) is 8.08. The van der Waals surface area contributed by atoms with Crippen LogP contribution < -0.4 is 0 Å². The third-order valence-electron chi connectivity index (χ3n) is 2.28. The Bertz CT molecular complexity index is 355. The Morgan fingerprint density at radius 3 is 2.92 bits per heavy atom. The fourth-order valence-corrected chi connectivity index (χ4v) is 1.72. The molecule has 0 atom stereocenters. The van der Waals surface area contributed by atoms with E-state index in [2.05, 4.69) is 35.9 Å². The molecule has 2 heteroatoms. The van der Waals surface area contributed by atoms with Crippen LogP contribution in [-0.4, -0.2) is 24.1 Å².